The van der Waals surface area contributed by atoms with E-state index in [0.717, 1.165) is 12.0 Å². The second-order valence-corrected chi connectivity index (χ2v) is 4.90. The van der Waals surface area contributed by atoms with Crippen LogP contribution < -0.4 is 5.73 Å². The van der Waals surface area contributed by atoms with Crippen molar-refractivity contribution >= 4 is 5.97 Å². The Kier molecular flexibility index (Phi) is 3.68. The molecule has 1 aliphatic heterocycles. The number of hydrogen-bond donors (Lipinski definition) is 2. The summed E-state index contributed by atoms with van der Waals surface area (Å²) in [6.07, 6.45) is 0.962. The summed E-state index contributed by atoms with van der Waals surface area (Å²) in [5.41, 5.74) is 8.08. The number of carboxylic acid groups (broad SMARTS) is 1. The minimum atomic E-state index is -0.862. The maximum Gasteiger partial charge on any atom is 0.304 e. The van der Waals surface area contributed by atoms with Gasteiger partial charge in [0, 0.05) is 6.04 Å². The highest BCUT2D eigenvalue weighted by atomic mass is 16.5. The molecule has 4 nitrogen and oxygen atoms in total. The van der Waals surface area contributed by atoms with Gasteiger partial charge in [0.1, 0.15) is 0 Å². The summed E-state index contributed by atoms with van der Waals surface area (Å²) in [4.78, 5) is 10.8. The van der Waals surface area contributed by atoms with Crippen molar-refractivity contribution in [2.24, 2.45) is 5.73 Å². The summed E-state index contributed by atoms with van der Waals surface area (Å²) in [5, 5.41) is 8.88. The Morgan fingerprint density at radius 3 is 2.44 bits per heavy atom. The second kappa shape index (κ2) is 5.08. The molecule has 0 spiro atoms. The molecule has 1 atom stereocenters. The highest BCUT2D eigenvalue weighted by molar-refractivity contribution is 5.68. The lowest BCUT2D eigenvalue weighted by atomic mass is 9.71. The lowest BCUT2D eigenvalue weighted by molar-refractivity contribution is -0.140. The number of ether oxygens (including phenoxy) is 1. The number of carbonyl (C=O) groups is 1. The molecule has 1 unspecified atom stereocenters. The molecule has 98 valence electrons. The zero-order valence-corrected chi connectivity index (χ0v) is 10.6. The summed E-state index contributed by atoms with van der Waals surface area (Å²) >= 11 is 0. The maximum absolute atomic E-state index is 10.8. The third-order valence-corrected chi connectivity index (χ3v) is 3.76. The van der Waals surface area contributed by atoms with E-state index in [2.05, 4.69) is 19.1 Å². The minimum Gasteiger partial charge on any atom is -0.481 e. The van der Waals surface area contributed by atoms with Crippen LogP contribution in [0, 0.1) is 0 Å². The lowest BCUT2D eigenvalue weighted by Crippen LogP contribution is -2.59. The summed E-state index contributed by atoms with van der Waals surface area (Å²) in [5.74, 6) is -0.862. The first-order chi connectivity index (χ1) is 8.58. The summed E-state index contributed by atoms with van der Waals surface area (Å²) < 4.78 is 5.28. The Hall–Kier alpha value is -1.39. The van der Waals surface area contributed by atoms with Crippen LogP contribution in [-0.2, 0) is 21.4 Å². The van der Waals surface area contributed by atoms with Crippen molar-refractivity contribution in [1.82, 2.24) is 0 Å². The lowest BCUT2D eigenvalue weighted by Gasteiger charge is -2.45. The van der Waals surface area contributed by atoms with Crippen molar-refractivity contribution in [2.75, 3.05) is 13.2 Å². The molecule has 1 saturated heterocycles. The van der Waals surface area contributed by atoms with E-state index in [1.165, 1.54) is 5.56 Å². The Morgan fingerprint density at radius 1 is 1.44 bits per heavy atom. The van der Waals surface area contributed by atoms with Crippen LogP contribution in [0.5, 0.6) is 0 Å². The number of rotatable bonds is 5. The second-order valence-electron chi connectivity index (χ2n) is 4.90. The predicted molar refractivity (Wildman–Crippen MR) is 68.5 cm³/mol. The van der Waals surface area contributed by atoms with Crippen molar-refractivity contribution in [3.63, 3.8) is 0 Å². The smallest absolute Gasteiger partial charge is 0.304 e. The monoisotopic (exact) mass is 249 g/mol. The number of nitrogens with two attached hydrogens (primary N) is 1. The molecule has 4 heteroatoms. The van der Waals surface area contributed by atoms with E-state index in [1.54, 1.807) is 0 Å². The van der Waals surface area contributed by atoms with E-state index in [9.17, 15) is 4.79 Å². The van der Waals surface area contributed by atoms with Gasteiger partial charge >= 0.3 is 5.97 Å². The van der Waals surface area contributed by atoms with Crippen molar-refractivity contribution in [1.29, 1.82) is 0 Å². The van der Waals surface area contributed by atoms with Crippen LogP contribution in [0.4, 0.5) is 0 Å². The third kappa shape index (κ3) is 2.26. The fraction of sp³-hybridized carbons (Fsp3) is 0.500. The molecular formula is C14H19NO3. The molecular weight excluding hydrogens is 230 g/mol. The number of carboxylic acids is 1. The Morgan fingerprint density at radius 2 is 2.06 bits per heavy atom. The molecule has 0 radical (unpaired) electrons. The predicted octanol–water partition coefficient (Wildman–Crippen LogP) is 1.32. The molecule has 1 fully saturated rings. The van der Waals surface area contributed by atoms with E-state index >= 15 is 0 Å². The highest BCUT2D eigenvalue weighted by Gasteiger charge is 2.46. The van der Waals surface area contributed by atoms with Gasteiger partial charge in [-0.2, -0.15) is 0 Å². The van der Waals surface area contributed by atoms with E-state index in [-0.39, 0.29) is 11.8 Å². The first kappa shape index (κ1) is 13.1. The first-order valence-corrected chi connectivity index (χ1v) is 6.23. The van der Waals surface area contributed by atoms with Gasteiger partial charge in [0.05, 0.1) is 25.0 Å². The standard InChI is InChI=1S/C14H19NO3/c1-2-10-3-5-11(6-4-10)14(8-18-9-14)12(15)7-13(16)17/h3-6,12H,2,7-9,15H2,1H3,(H,16,17). The van der Waals surface area contributed by atoms with Gasteiger partial charge in [0.15, 0.2) is 0 Å². The Balaban J connectivity index is 2.22. The molecule has 0 bridgehead atoms. The molecule has 1 heterocycles. The highest BCUT2D eigenvalue weighted by Crippen LogP contribution is 2.36. The van der Waals surface area contributed by atoms with Crippen molar-refractivity contribution in [3.8, 4) is 0 Å². The Labute approximate surface area is 107 Å². The molecule has 0 aliphatic carbocycles. The molecule has 0 aromatic heterocycles. The van der Waals surface area contributed by atoms with Crippen LogP contribution in [0.15, 0.2) is 24.3 Å². The summed E-state index contributed by atoms with van der Waals surface area (Å²) in [6, 6.07) is 7.83. The molecule has 3 N–H and O–H groups in total. The minimum absolute atomic E-state index is 0.0289. The van der Waals surface area contributed by atoms with Gasteiger partial charge in [-0.15, -0.1) is 0 Å². The molecule has 18 heavy (non-hydrogen) atoms. The van der Waals surface area contributed by atoms with Crippen LogP contribution in [0.3, 0.4) is 0 Å². The maximum atomic E-state index is 10.8. The SMILES string of the molecule is CCc1ccc(C2(C(N)CC(=O)O)COC2)cc1. The molecule has 0 amide bonds. The van der Waals surface area contributed by atoms with Crippen LogP contribution in [-0.4, -0.2) is 30.3 Å². The van der Waals surface area contributed by atoms with Crippen LogP contribution in [0.2, 0.25) is 0 Å². The normalized spacial score (nSPS) is 19.0. The van der Waals surface area contributed by atoms with E-state index in [4.69, 9.17) is 15.6 Å². The van der Waals surface area contributed by atoms with Gasteiger partial charge < -0.3 is 15.6 Å². The molecule has 1 aromatic carbocycles. The molecule has 1 aliphatic rings. The van der Waals surface area contributed by atoms with Crippen molar-refractivity contribution in [2.45, 2.75) is 31.2 Å². The van der Waals surface area contributed by atoms with E-state index in [0.29, 0.717) is 13.2 Å². The van der Waals surface area contributed by atoms with Crippen LogP contribution >= 0.6 is 0 Å². The fourth-order valence-electron chi connectivity index (χ4n) is 2.37. The number of benzene rings is 1. The van der Waals surface area contributed by atoms with Crippen molar-refractivity contribution in [3.05, 3.63) is 35.4 Å². The Bertz CT molecular complexity index is 423. The average Bonchev–Trinajstić information content (AvgIpc) is 2.27. The fourth-order valence-corrected chi connectivity index (χ4v) is 2.37. The zero-order chi connectivity index (χ0) is 13.2. The largest absolute Gasteiger partial charge is 0.481 e. The van der Waals surface area contributed by atoms with E-state index < -0.39 is 12.0 Å². The number of aliphatic carboxylic acids is 1. The van der Waals surface area contributed by atoms with Crippen LogP contribution in [0.1, 0.15) is 24.5 Å². The number of aryl methyl sites for hydroxylation is 1. The van der Waals surface area contributed by atoms with Gasteiger partial charge in [-0.3, -0.25) is 4.79 Å². The average molecular weight is 249 g/mol. The summed E-state index contributed by atoms with van der Waals surface area (Å²) in [7, 11) is 0. The molecule has 1 aromatic rings. The van der Waals surface area contributed by atoms with Crippen molar-refractivity contribution < 1.29 is 14.6 Å². The van der Waals surface area contributed by atoms with Gasteiger partial charge in [-0.05, 0) is 17.5 Å². The van der Waals surface area contributed by atoms with Gasteiger partial charge in [-0.25, -0.2) is 0 Å². The zero-order valence-electron chi connectivity index (χ0n) is 10.6. The summed E-state index contributed by atoms with van der Waals surface area (Å²) in [6.45, 7) is 3.12. The molecule has 0 saturated carbocycles. The van der Waals surface area contributed by atoms with Gasteiger partial charge in [-0.1, -0.05) is 31.2 Å². The van der Waals surface area contributed by atoms with Gasteiger partial charge in [0.2, 0.25) is 0 Å². The quantitative estimate of drug-likeness (QED) is 0.825. The van der Waals surface area contributed by atoms with Crippen LogP contribution in [0.25, 0.3) is 0 Å². The molecule has 2 rings (SSSR count). The topological polar surface area (TPSA) is 72.6 Å². The number of hydrogen-bond acceptors (Lipinski definition) is 3. The first-order valence-electron chi connectivity index (χ1n) is 6.23. The third-order valence-electron chi connectivity index (χ3n) is 3.76. The van der Waals surface area contributed by atoms with Gasteiger partial charge in [0.25, 0.3) is 0 Å². The van der Waals surface area contributed by atoms with E-state index in [1.807, 2.05) is 12.1 Å².